The van der Waals surface area contributed by atoms with Crippen molar-refractivity contribution in [3.8, 4) is 5.69 Å². The van der Waals surface area contributed by atoms with Crippen LogP contribution in [-0.4, -0.2) is 20.6 Å². The fourth-order valence-electron chi connectivity index (χ4n) is 2.45. The second-order valence-corrected chi connectivity index (χ2v) is 5.08. The third-order valence-electron chi connectivity index (χ3n) is 3.35. The lowest BCUT2D eigenvalue weighted by Gasteiger charge is -2.10. The number of carboxylic acid groups (broad SMARTS) is 1. The molecule has 0 amide bonds. The minimum atomic E-state index is -1.10. The van der Waals surface area contributed by atoms with Gasteiger partial charge in [0, 0.05) is 0 Å². The highest BCUT2D eigenvalue weighted by Crippen LogP contribution is 2.27. The summed E-state index contributed by atoms with van der Waals surface area (Å²) in [7, 11) is 0. The van der Waals surface area contributed by atoms with E-state index in [9.17, 15) is 14.7 Å². The summed E-state index contributed by atoms with van der Waals surface area (Å²) in [5.41, 5.74) is 1.67. The van der Waals surface area contributed by atoms with Crippen molar-refractivity contribution < 1.29 is 9.90 Å². The van der Waals surface area contributed by atoms with E-state index in [0.717, 1.165) is 5.56 Å². The van der Waals surface area contributed by atoms with Crippen LogP contribution in [0.4, 0.5) is 0 Å². The van der Waals surface area contributed by atoms with Crippen LogP contribution >= 0.6 is 11.6 Å². The molecule has 0 saturated carbocycles. The van der Waals surface area contributed by atoms with Crippen molar-refractivity contribution in [1.82, 2.24) is 9.55 Å². The van der Waals surface area contributed by atoms with Crippen molar-refractivity contribution >= 4 is 28.6 Å². The highest BCUT2D eigenvalue weighted by atomic mass is 35.5. The molecule has 21 heavy (non-hydrogen) atoms. The van der Waals surface area contributed by atoms with E-state index >= 15 is 0 Å². The molecule has 0 bridgehead atoms. The molecule has 3 rings (SSSR count). The molecule has 2 aromatic carbocycles. The Balaban J connectivity index is 2.51. The normalized spacial score (nSPS) is 11.0. The van der Waals surface area contributed by atoms with E-state index in [2.05, 4.69) is 4.98 Å². The van der Waals surface area contributed by atoms with Crippen molar-refractivity contribution in [2.45, 2.75) is 6.92 Å². The second-order valence-electron chi connectivity index (χ2n) is 4.68. The third kappa shape index (κ3) is 2.02. The Morgan fingerprint density at radius 1 is 1.24 bits per heavy atom. The highest BCUT2D eigenvalue weighted by Gasteiger charge is 2.19. The van der Waals surface area contributed by atoms with E-state index in [1.807, 2.05) is 13.0 Å². The summed E-state index contributed by atoms with van der Waals surface area (Å²) in [5, 5.41) is 9.73. The van der Waals surface area contributed by atoms with Gasteiger partial charge in [-0.1, -0.05) is 29.8 Å². The molecule has 0 unspecified atom stereocenters. The minimum absolute atomic E-state index is 0.0465. The number of rotatable bonds is 2. The average Bonchev–Trinajstić information content (AvgIpc) is 2.75. The van der Waals surface area contributed by atoms with Crippen molar-refractivity contribution in [3.63, 3.8) is 0 Å². The first-order valence-electron chi connectivity index (χ1n) is 6.23. The van der Waals surface area contributed by atoms with Gasteiger partial charge in [-0.05, 0) is 30.7 Å². The smallest absolute Gasteiger partial charge is 0.337 e. The summed E-state index contributed by atoms with van der Waals surface area (Å²) in [6, 6.07) is 9.96. The molecule has 2 N–H and O–H groups in total. The van der Waals surface area contributed by atoms with Crippen molar-refractivity contribution in [2.75, 3.05) is 0 Å². The van der Waals surface area contributed by atoms with Gasteiger partial charge in [-0.2, -0.15) is 0 Å². The van der Waals surface area contributed by atoms with Crippen molar-refractivity contribution in [1.29, 1.82) is 0 Å². The van der Waals surface area contributed by atoms with Crippen LogP contribution in [0.5, 0.6) is 0 Å². The van der Waals surface area contributed by atoms with Crippen LogP contribution < -0.4 is 5.69 Å². The van der Waals surface area contributed by atoms with Gasteiger partial charge < -0.3 is 10.1 Å². The molecule has 0 spiro atoms. The zero-order chi connectivity index (χ0) is 15.1. The summed E-state index contributed by atoms with van der Waals surface area (Å²) >= 11 is 6.20. The average molecular weight is 303 g/mol. The lowest BCUT2D eigenvalue weighted by molar-refractivity contribution is 0.0698. The van der Waals surface area contributed by atoms with E-state index in [1.54, 1.807) is 24.3 Å². The molecule has 0 radical (unpaired) electrons. The Morgan fingerprint density at radius 3 is 2.62 bits per heavy atom. The van der Waals surface area contributed by atoms with Crippen LogP contribution in [0.1, 0.15) is 15.9 Å². The van der Waals surface area contributed by atoms with Gasteiger partial charge in [0.15, 0.2) is 0 Å². The number of aromatic carboxylic acids is 1. The molecule has 3 aromatic rings. The Kier molecular flexibility index (Phi) is 3.07. The van der Waals surface area contributed by atoms with E-state index in [1.165, 1.54) is 10.6 Å². The summed E-state index contributed by atoms with van der Waals surface area (Å²) in [4.78, 5) is 26.4. The van der Waals surface area contributed by atoms with Gasteiger partial charge in [-0.3, -0.25) is 4.57 Å². The number of aromatic amines is 1. The topological polar surface area (TPSA) is 75.1 Å². The van der Waals surface area contributed by atoms with Crippen LogP contribution in [0.2, 0.25) is 5.02 Å². The number of imidazole rings is 1. The monoisotopic (exact) mass is 302 g/mol. The summed E-state index contributed by atoms with van der Waals surface area (Å²) in [6.45, 7) is 1.82. The number of aryl methyl sites for hydroxylation is 1. The number of hydrogen-bond donors (Lipinski definition) is 2. The number of nitrogens with one attached hydrogen (secondary N) is 1. The molecule has 0 aliphatic heterocycles. The molecule has 0 saturated heterocycles. The van der Waals surface area contributed by atoms with Crippen LogP contribution in [0.3, 0.4) is 0 Å². The molecule has 5 nitrogen and oxygen atoms in total. The summed E-state index contributed by atoms with van der Waals surface area (Å²) < 4.78 is 1.32. The molecule has 1 heterocycles. The lowest BCUT2D eigenvalue weighted by atomic mass is 10.1. The number of carboxylic acids is 1. The maximum atomic E-state index is 12.3. The number of halogens is 1. The largest absolute Gasteiger partial charge is 0.478 e. The first-order valence-corrected chi connectivity index (χ1v) is 6.61. The Hall–Kier alpha value is -2.53. The van der Waals surface area contributed by atoms with Gasteiger partial charge in [0.2, 0.25) is 0 Å². The van der Waals surface area contributed by atoms with Crippen LogP contribution in [0.15, 0.2) is 41.2 Å². The standard InChI is InChI=1S/C15H11ClN2O3/c1-8-4-2-6-10(16)12(8)18-13-9(14(19)20)5-3-7-11(13)17-15(18)21/h2-7H,1H3,(H,17,21)(H,19,20). The van der Waals surface area contributed by atoms with Crippen LogP contribution in [0.25, 0.3) is 16.7 Å². The van der Waals surface area contributed by atoms with Gasteiger partial charge in [0.1, 0.15) is 0 Å². The molecule has 0 fully saturated rings. The molecule has 0 aliphatic carbocycles. The van der Waals surface area contributed by atoms with E-state index in [0.29, 0.717) is 21.7 Å². The lowest BCUT2D eigenvalue weighted by Crippen LogP contribution is -2.17. The maximum absolute atomic E-state index is 12.3. The fourth-order valence-corrected chi connectivity index (χ4v) is 2.76. The van der Waals surface area contributed by atoms with Crippen molar-refractivity contribution in [2.24, 2.45) is 0 Å². The maximum Gasteiger partial charge on any atom is 0.337 e. The van der Waals surface area contributed by atoms with E-state index in [-0.39, 0.29) is 5.56 Å². The number of H-pyrrole nitrogens is 1. The van der Waals surface area contributed by atoms with Gasteiger partial charge in [0.05, 0.1) is 27.3 Å². The first-order chi connectivity index (χ1) is 10.0. The van der Waals surface area contributed by atoms with Crippen LogP contribution in [0, 0.1) is 6.92 Å². The molecule has 6 heteroatoms. The van der Waals surface area contributed by atoms with Gasteiger partial charge in [-0.15, -0.1) is 0 Å². The second kappa shape index (κ2) is 4.79. The number of hydrogen-bond acceptors (Lipinski definition) is 2. The van der Waals surface area contributed by atoms with Gasteiger partial charge >= 0.3 is 11.7 Å². The Labute approximate surface area is 124 Å². The minimum Gasteiger partial charge on any atom is -0.478 e. The number of para-hydroxylation sites is 2. The molecular formula is C15H11ClN2O3. The first kappa shape index (κ1) is 13.5. The number of fused-ring (bicyclic) bond motifs is 1. The molecule has 106 valence electrons. The quantitative estimate of drug-likeness (QED) is 0.764. The molecular weight excluding hydrogens is 292 g/mol. The number of benzene rings is 2. The van der Waals surface area contributed by atoms with E-state index in [4.69, 9.17) is 11.6 Å². The Bertz CT molecular complexity index is 904. The molecule has 0 atom stereocenters. The highest BCUT2D eigenvalue weighted by molar-refractivity contribution is 6.32. The Morgan fingerprint density at radius 2 is 1.95 bits per heavy atom. The number of aromatic nitrogens is 2. The number of nitrogens with zero attached hydrogens (tertiary/aromatic N) is 1. The molecule has 1 aromatic heterocycles. The molecule has 0 aliphatic rings. The van der Waals surface area contributed by atoms with E-state index < -0.39 is 11.7 Å². The zero-order valence-electron chi connectivity index (χ0n) is 11.1. The van der Waals surface area contributed by atoms with Gasteiger partial charge in [-0.25, -0.2) is 9.59 Å². The SMILES string of the molecule is Cc1cccc(Cl)c1-n1c(=O)[nH]c2cccc(C(=O)O)c21. The summed E-state index contributed by atoms with van der Waals surface area (Å²) in [6.07, 6.45) is 0. The fraction of sp³-hybridized carbons (Fsp3) is 0.0667. The van der Waals surface area contributed by atoms with Crippen LogP contribution in [-0.2, 0) is 0 Å². The predicted octanol–water partition coefficient (Wildman–Crippen LogP) is 2.98. The predicted molar refractivity (Wildman–Crippen MR) is 80.6 cm³/mol. The third-order valence-corrected chi connectivity index (χ3v) is 3.65. The number of carbonyl (C=O) groups is 1. The summed E-state index contributed by atoms with van der Waals surface area (Å²) in [5.74, 6) is -1.10. The zero-order valence-corrected chi connectivity index (χ0v) is 11.8. The van der Waals surface area contributed by atoms with Gasteiger partial charge in [0.25, 0.3) is 0 Å². The van der Waals surface area contributed by atoms with Crippen molar-refractivity contribution in [3.05, 3.63) is 63.0 Å².